The number of aromatic nitrogens is 1. The van der Waals surface area contributed by atoms with E-state index in [1.165, 1.54) is 52.2 Å². The van der Waals surface area contributed by atoms with Gasteiger partial charge in [0.05, 0.1) is 6.04 Å². The van der Waals surface area contributed by atoms with Crippen LogP contribution in [0.2, 0.25) is 0 Å². The number of alkyl halides is 5. The van der Waals surface area contributed by atoms with Crippen molar-refractivity contribution in [3.05, 3.63) is 58.2 Å². The van der Waals surface area contributed by atoms with Gasteiger partial charge < -0.3 is 9.30 Å². The summed E-state index contributed by atoms with van der Waals surface area (Å²) in [7, 11) is 4.50. The summed E-state index contributed by atoms with van der Waals surface area (Å²) < 4.78 is 74.3. The van der Waals surface area contributed by atoms with Crippen molar-refractivity contribution < 1.29 is 26.7 Å². The van der Waals surface area contributed by atoms with Crippen molar-refractivity contribution in [3.63, 3.8) is 0 Å². The van der Waals surface area contributed by atoms with E-state index in [1.54, 1.807) is 13.1 Å². The van der Waals surface area contributed by atoms with Gasteiger partial charge in [0.2, 0.25) is 0 Å². The van der Waals surface area contributed by atoms with E-state index in [-0.39, 0.29) is 22.4 Å². The summed E-state index contributed by atoms with van der Waals surface area (Å²) in [6.45, 7) is -1.85. The molecule has 3 atom stereocenters. The fourth-order valence-electron chi connectivity index (χ4n) is 3.70. The lowest BCUT2D eigenvalue weighted by atomic mass is 9.87. The number of halogens is 5. The Kier molecular flexibility index (Phi) is 6.77. The summed E-state index contributed by atoms with van der Waals surface area (Å²) in [4.78, 5) is 4.62. The third-order valence-electron chi connectivity index (χ3n) is 5.49. The maximum absolute atomic E-state index is 14.7. The van der Waals surface area contributed by atoms with Crippen molar-refractivity contribution >= 4 is 9.24 Å². The fourth-order valence-corrected chi connectivity index (χ4v) is 3.88. The van der Waals surface area contributed by atoms with E-state index in [9.17, 15) is 22.0 Å². The molecule has 3 unspecified atom stereocenters. The van der Waals surface area contributed by atoms with Crippen molar-refractivity contribution in [3.8, 4) is 5.75 Å². The lowest BCUT2D eigenvalue weighted by molar-refractivity contribution is -0.0515. The molecule has 0 amide bonds. The van der Waals surface area contributed by atoms with Crippen molar-refractivity contribution in [1.82, 2.24) is 9.88 Å². The van der Waals surface area contributed by atoms with Crippen LogP contribution in [0.1, 0.15) is 48.1 Å². The number of rotatable bonds is 6. The van der Waals surface area contributed by atoms with Gasteiger partial charge in [-0.1, -0.05) is 21.4 Å². The Balaban J connectivity index is 2.12. The molecule has 0 fully saturated rings. The highest BCUT2D eigenvalue weighted by molar-refractivity contribution is 7.17. The molecule has 1 aromatic carbocycles. The average molecular weight is 461 g/mol. The second-order valence-electron chi connectivity index (χ2n) is 7.73. The Morgan fingerprint density at radius 2 is 1.94 bits per heavy atom. The molecule has 1 aromatic heterocycles. The van der Waals surface area contributed by atoms with Gasteiger partial charge in [0.15, 0.2) is 17.0 Å². The normalized spacial score (nSPS) is 19.3. The number of hydrogen-bond donors (Lipinski definition) is 1. The molecule has 0 bridgehead atoms. The minimum Gasteiger partial charge on any atom is -0.431 e. The second-order valence-corrected chi connectivity index (χ2v) is 8.46. The van der Waals surface area contributed by atoms with E-state index < -0.39 is 24.1 Å². The highest BCUT2D eigenvalue weighted by atomic mass is 31.0. The quantitative estimate of drug-likeness (QED) is 0.378. The molecule has 3 rings (SSSR count). The number of fused-ring (bicyclic) bond motifs is 1. The molecule has 0 saturated heterocycles. The van der Waals surface area contributed by atoms with Gasteiger partial charge in [0.1, 0.15) is 0 Å². The maximum Gasteiger partial charge on any atom is 0.387 e. The molecule has 1 heterocycles. The summed E-state index contributed by atoms with van der Waals surface area (Å²) >= 11 is 0. The minimum absolute atomic E-state index is 0.100. The van der Waals surface area contributed by atoms with Crippen LogP contribution in [-0.4, -0.2) is 18.2 Å². The molecular formula is C21H25F5N3OP. The van der Waals surface area contributed by atoms with Crippen LogP contribution in [0.5, 0.6) is 5.75 Å². The minimum atomic E-state index is -3.12. The Morgan fingerprint density at radius 3 is 2.55 bits per heavy atom. The number of nitrogens with zero attached hydrogens (tertiary/aromatic N) is 2. The van der Waals surface area contributed by atoms with E-state index in [0.29, 0.717) is 19.3 Å². The first-order chi connectivity index (χ1) is 14.4. The van der Waals surface area contributed by atoms with Crippen LogP contribution in [0.4, 0.5) is 22.0 Å². The molecule has 4 nitrogen and oxygen atoms in total. The van der Waals surface area contributed by atoms with E-state index in [4.69, 9.17) is 0 Å². The van der Waals surface area contributed by atoms with Crippen LogP contribution in [0, 0.1) is 0 Å². The first-order valence-electron chi connectivity index (χ1n) is 9.80. The van der Waals surface area contributed by atoms with Gasteiger partial charge >= 0.3 is 6.61 Å². The highest BCUT2D eigenvalue weighted by Gasteiger charge is 2.29. The maximum atomic E-state index is 14.7. The molecule has 0 radical (unpaired) electrons. The largest absolute Gasteiger partial charge is 0.431 e. The van der Waals surface area contributed by atoms with Gasteiger partial charge in [-0.3, -0.25) is 10.3 Å². The zero-order valence-corrected chi connectivity index (χ0v) is 18.6. The zero-order chi connectivity index (χ0) is 23.0. The SMILES string of the molecule is CNC(C)(F)c1cc(OC(F)F)/c(=N/C2CCCc3cc(C(F)(F)P)ccc32)n(C)c1. The van der Waals surface area contributed by atoms with Crippen LogP contribution < -0.4 is 15.5 Å². The topological polar surface area (TPSA) is 38.5 Å². The summed E-state index contributed by atoms with van der Waals surface area (Å²) in [5.74, 6) is -2.22. The molecule has 1 aliphatic carbocycles. The summed E-state index contributed by atoms with van der Waals surface area (Å²) in [5, 5.41) is 2.48. The third-order valence-corrected chi connectivity index (χ3v) is 5.82. The van der Waals surface area contributed by atoms with Crippen molar-refractivity contribution in [2.75, 3.05) is 7.05 Å². The molecule has 2 aromatic rings. The lowest BCUT2D eigenvalue weighted by Crippen LogP contribution is -2.34. The highest BCUT2D eigenvalue weighted by Crippen LogP contribution is 2.39. The lowest BCUT2D eigenvalue weighted by Gasteiger charge is -2.25. The monoisotopic (exact) mass is 461 g/mol. The Bertz CT molecular complexity index is 1020. The molecule has 170 valence electrons. The van der Waals surface area contributed by atoms with Crippen molar-refractivity contribution in [1.29, 1.82) is 0 Å². The predicted molar refractivity (Wildman–Crippen MR) is 111 cm³/mol. The summed E-state index contributed by atoms with van der Waals surface area (Å²) in [6.07, 6.45) is 3.41. The van der Waals surface area contributed by atoms with E-state index in [1.807, 2.05) is 0 Å². The standard InChI is InChI=1S/C21H25F5N3OP/c1-20(24,27-2)14-10-17(30-19(22)23)18(29(3)11-14)28-16-6-4-5-12-9-13(21(25,26)31)7-8-15(12)16/h7-11,16,19,27H,4-6,31H2,1-3H3/b28-18-. The Labute approximate surface area is 179 Å². The first-order valence-corrected chi connectivity index (χ1v) is 10.4. The van der Waals surface area contributed by atoms with Gasteiger partial charge in [-0.2, -0.15) is 17.6 Å². The number of pyridine rings is 1. The number of benzene rings is 1. The van der Waals surface area contributed by atoms with E-state index >= 15 is 0 Å². The van der Waals surface area contributed by atoms with Crippen LogP contribution >= 0.6 is 9.24 Å². The second kappa shape index (κ2) is 8.87. The first kappa shape index (κ1) is 23.7. The van der Waals surface area contributed by atoms with Gasteiger partial charge in [-0.25, -0.2) is 4.39 Å². The number of nitrogens with one attached hydrogen (secondary N) is 1. The summed E-state index contributed by atoms with van der Waals surface area (Å²) in [6, 6.07) is 5.20. The van der Waals surface area contributed by atoms with E-state index in [2.05, 4.69) is 15.0 Å². The molecular weight excluding hydrogens is 436 g/mol. The smallest absolute Gasteiger partial charge is 0.387 e. The van der Waals surface area contributed by atoms with Gasteiger partial charge in [-0.15, -0.1) is 0 Å². The van der Waals surface area contributed by atoms with Crippen LogP contribution in [0.15, 0.2) is 35.5 Å². The number of hydrogen-bond acceptors (Lipinski definition) is 3. The van der Waals surface area contributed by atoms with Crippen LogP contribution in [-0.2, 0) is 24.9 Å². The van der Waals surface area contributed by atoms with E-state index in [0.717, 1.165) is 11.1 Å². The predicted octanol–water partition coefficient (Wildman–Crippen LogP) is 4.89. The van der Waals surface area contributed by atoms with Gasteiger partial charge in [0.25, 0.3) is 5.66 Å². The summed E-state index contributed by atoms with van der Waals surface area (Å²) in [5.41, 5.74) is -1.41. The van der Waals surface area contributed by atoms with Crippen LogP contribution in [0.3, 0.4) is 0 Å². The average Bonchev–Trinajstić information content (AvgIpc) is 2.68. The molecule has 0 aliphatic heterocycles. The molecule has 1 aliphatic rings. The van der Waals surface area contributed by atoms with Gasteiger partial charge in [-0.05, 0) is 56.5 Å². The molecule has 0 saturated carbocycles. The van der Waals surface area contributed by atoms with Crippen molar-refractivity contribution in [2.24, 2.45) is 12.0 Å². The van der Waals surface area contributed by atoms with Crippen LogP contribution in [0.25, 0.3) is 0 Å². The molecule has 1 N–H and O–H groups in total. The number of ether oxygens (including phenoxy) is 1. The zero-order valence-electron chi connectivity index (χ0n) is 17.4. The Morgan fingerprint density at radius 1 is 1.23 bits per heavy atom. The third kappa shape index (κ3) is 5.26. The molecule has 0 spiro atoms. The van der Waals surface area contributed by atoms with Crippen molar-refractivity contribution in [2.45, 2.75) is 50.3 Å². The molecule has 31 heavy (non-hydrogen) atoms. The fraction of sp³-hybridized carbons (Fsp3) is 0.476. The van der Waals surface area contributed by atoms with Gasteiger partial charge in [0, 0.05) is 24.4 Å². The molecule has 10 heteroatoms. The number of aryl methyl sites for hydroxylation is 2. The Hall–Kier alpha value is -1.99.